The number of hydrogen-bond acceptors (Lipinski definition) is 2. The van der Waals surface area contributed by atoms with E-state index in [1.54, 1.807) is 0 Å². The summed E-state index contributed by atoms with van der Waals surface area (Å²) in [4.78, 5) is 4.31. The Bertz CT molecular complexity index is 458. The maximum Gasteiger partial charge on any atom is 0.191 e. The van der Waals surface area contributed by atoms with Crippen LogP contribution in [0.15, 0.2) is 29.3 Å². The van der Waals surface area contributed by atoms with E-state index < -0.39 is 0 Å². The van der Waals surface area contributed by atoms with Crippen LogP contribution < -0.4 is 10.6 Å². The number of unbranched alkanes of at least 4 members (excludes halogenated alkanes) is 1. The highest BCUT2D eigenvalue weighted by Gasteiger charge is 2.20. The van der Waals surface area contributed by atoms with Gasteiger partial charge in [0.05, 0.1) is 0 Å². The van der Waals surface area contributed by atoms with Crippen molar-refractivity contribution >= 4 is 41.7 Å². The van der Waals surface area contributed by atoms with Gasteiger partial charge >= 0.3 is 0 Å². The van der Waals surface area contributed by atoms with E-state index >= 15 is 0 Å². The molecule has 0 spiro atoms. The summed E-state index contributed by atoms with van der Waals surface area (Å²) in [7, 11) is 1.83. The maximum absolute atomic E-state index is 4.31. The molecule has 3 nitrogen and oxygen atoms in total. The van der Waals surface area contributed by atoms with Crippen molar-refractivity contribution in [3.63, 3.8) is 0 Å². The van der Waals surface area contributed by atoms with Crippen molar-refractivity contribution in [2.45, 2.75) is 39.0 Å². The molecule has 1 aromatic rings. The van der Waals surface area contributed by atoms with Gasteiger partial charge in [-0.3, -0.25) is 4.99 Å². The molecule has 0 aromatic heterocycles. The van der Waals surface area contributed by atoms with Crippen molar-refractivity contribution in [3.8, 4) is 0 Å². The van der Waals surface area contributed by atoms with Crippen molar-refractivity contribution in [1.29, 1.82) is 0 Å². The zero-order valence-corrected chi connectivity index (χ0v) is 18.3. The number of benzene rings is 1. The minimum atomic E-state index is 0. The van der Waals surface area contributed by atoms with Gasteiger partial charge in [-0.25, -0.2) is 0 Å². The molecule has 0 saturated carbocycles. The largest absolute Gasteiger partial charge is 0.356 e. The number of nitrogens with one attached hydrogen (secondary N) is 2. The number of guanidine groups is 1. The van der Waals surface area contributed by atoms with Crippen molar-refractivity contribution in [2.24, 2.45) is 4.99 Å². The highest BCUT2D eigenvalue weighted by atomic mass is 127. The summed E-state index contributed by atoms with van der Waals surface area (Å²) in [5.74, 6) is 2.12. The summed E-state index contributed by atoms with van der Waals surface area (Å²) >= 11 is 1.90. The van der Waals surface area contributed by atoms with Crippen LogP contribution in [0.25, 0.3) is 0 Å². The predicted octanol–water partition coefficient (Wildman–Crippen LogP) is 4.20. The number of aryl methyl sites for hydroxylation is 1. The second-order valence-electron chi connectivity index (χ2n) is 6.30. The lowest BCUT2D eigenvalue weighted by Crippen LogP contribution is -2.43. The Labute approximate surface area is 163 Å². The fraction of sp³-hybridized carbons (Fsp3) is 0.611. The van der Waals surface area contributed by atoms with Crippen LogP contribution in [0.3, 0.4) is 0 Å². The molecule has 0 radical (unpaired) electrons. The fourth-order valence-electron chi connectivity index (χ4n) is 2.21. The zero-order chi connectivity index (χ0) is 16.4. The van der Waals surface area contributed by atoms with Crippen LogP contribution in [0.4, 0.5) is 0 Å². The molecular formula is C18H32IN3S. The van der Waals surface area contributed by atoms with Gasteiger partial charge in [0.25, 0.3) is 0 Å². The molecule has 23 heavy (non-hydrogen) atoms. The van der Waals surface area contributed by atoms with E-state index in [1.165, 1.54) is 29.7 Å². The summed E-state index contributed by atoms with van der Waals surface area (Å²) in [6.07, 6.45) is 4.59. The first-order valence-corrected chi connectivity index (χ1v) is 9.39. The minimum Gasteiger partial charge on any atom is -0.356 e. The molecule has 132 valence electrons. The summed E-state index contributed by atoms with van der Waals surface area (Å²) in [6, 6.07) is 8.79. The molecule has 0 amide bonds. The van der Waals surface area contributed by atoms with Gasteiger partial charge in [0, 0.05) is 25.6 Å². The first kappa shape index (κ1) is 22.6. The van der Waals surface area contributed by atoms with Gasteiger partial charge in [-0.2, -0.15) is 11.8 Å². The van der Waals surface area contributed by atoms with Crippen LogP contribution >= 0.6 is 35.7 Å². The van der Waals surface area contributed by atoms with Gasteiger partial charge in [0.1, 0.15) is 0 Å². The predicted molar refractivity (Wildman–Crippen MR) is 117 cm³/mol. The van der Waals surface area contributed by atoms with Crippen LogP contribution in [0, 0.1) is 6.92 Å². The summed E-state index contributed by atoms with van der Waals surface area (Å²) in [5.41, 5.74) is 2.72. The Balaban J connectivity index is 0.00000484. The molecule has 1 rings (SSSR count). The van der Waals surface area contributed by atoms with E-state index in [-0.39, 0.29) is 29.4 Å². The Morgan fingerprint density at radius 3 is 2.35 bits per heavy atom. The van der Waals surface area contributed by atoms with E-state index in [1.807, 2.05) is 18.8 Å². The molecule has 0 atom stereocenters. The summed E-state index contributed by atoms with van der Waals surface area (Å²) in [5, 5.41) is 6.84. The van der Waals surface area contributed by atoms with Crippen molar-refractivity contribution in [1.82, 2.24) is 10.6 Å². The standard InChI is InChI=1S/C18H31N3S.HI/c1-15-8-10-16(11-9-15)18(2,3)14-21-17(19-4)20-12-6-7-13-22-5;/h8-11H,6-7,12-14H2,1-5H3,(H2,19,20,21);1H. The third kappa shape index (κ3) is 8.84. The lowest BCUT2D eigenvalue weighted by Gasteiger charge is -2.27. The number of aliphatic imine (C=N–C) groups is 1. The molecule has 2 N–H and O–H groups in total. The van der Waals surface area contributed by atoms with Crippen LogP contribution in [0.1, 0.15) is 37.8 Å². The van der Waals surface area contributed by atoms with Gasteiger partial charge < -0.3 is 10.6 Å². The number of thioether (sulfide) groups is 1. The Kier molecular flexibility index (Phi) is 11.8. The second-order valence-corrected chi connectivity index (χ2v) is 7.29. The van der Waals surface area contributed by atoms with E-state index in [0.717, 1.165) is 19.0 Å². The number of hydrogen-bond donors (Lipinski definition) is 2. The molecule has 1 aromatic carbocycles. The second kappa shape index (κ2) is 12.0. The molecule has 0 aliphatic carbocycles. The quantitative estimate of drug-likeness (QED) is 0.270. The van der Waals surface area contributed by atoms with Crippen LogP contribution in [-0.4, -0.2) is 38.1 Å². The number of nitrogens with zero attached hydrogens (tertiary/aromatic N) is 1. The Hall–Kier alpha value is -0.430. The molecule has 0 unspecified atom stereocenters. The average molecular weight is 449 g/mol. The van der Waals surface area contributed by atoms with E-state index in [4.69, 9.17) is 0 Å². The third-order valence-electron chi connectivity index (χ3n) is 3.82. The monoisotopic (exact) mass is 449 g/mol. The first-order chi connectivity index (χ1) is 10.5. The maximum atomic E-state index is 4.31. The molecule has 5 heteroatoms. The van der Waals surface area contributed by atoms with E-state index in [9.17, 15) is 0 Å². The molecular weight excluding hydrogens is 417 g/mol. The lowest BCUT2D eigenvalue weighted by molar-refractivity contribution is 0.508. The molecule has 0 fully saturated rings. The van der Waals surface area contributed by atoms with Crippen LogP contribution in [0.2, 0.25) is 0 Å². The van der Waals surface area contributed by atoms with Gasteiger partial charge in [-0.05, 0) is 37.3 Å². The highest BCUT2D eigenvalue weighted by Crippen LogP contribution is 2.22. The van der Waals surface area contributed by atoms with Crippen molar-refractivity contribution in [2.75, 3.05) is 32.1 Å². The molecule has 0 aliphatic heterocycles. The SMILES string of the molecule is CN=C(NCCCCSC)NCC(C)(C)c1ccc(C)cc1.I. The van der Waals surface area contributed by atoms with Crippen molar-refractivity contribution < 1.29 is 0 Å². The van der Waals surface area contributed by atoms with Crippen LogP contribution in [-0.2, 0) is 5.41 Å². The Morgan fingerprint density at radius 2 is 1.78 bits per heavy atom. The molecule has 0 aliphatic rings. The fourth-order valence-corrected chi connectivity index (χ4v) is 2.70. The molecule has 0 heterocycles. The average Bonchev–Trinajstić information content (AvgIpc) is 2.50. The zero-order valence-electron chi connectivity index (χ0n) is 15.1. The molecule has 0 bridgehead atoms. The van der Waals surface area contributed by atoms with Gasteiger partial charge in [0.2, 0.25) is 0 Å². The minimum absolute atomic E-state index is 0. The van der Waals surface area contributed by atoms with E-state index in [0.29, 0.717) is 0 Å². The van der Waals surface area contributed by atoms with Gasteiger partial charge in [-0.1, -0.05) is 43.7 Å². The van der Waals surface area contributed by atoms with Crippen molar-refractivity contribution in [3.05, 3.63) is 35.4 Å². The smallest absolute Gasteiger partial charge is 0.191 e. The number of halogens is 1. The lowest BCUT2D eigenvalue weighted by atomic mass is 9.84. The Morgan fingerprint density at radius 1 is 1.13 bits per heavy atom. The molecule has 0 saturated heterocycles. The normalized spacial score (nSPS) is 11.8. The summed E-state index contributed by atoms with van der Waals surface area (Å²) in [6.45, 7) is 8.48. The first-order valence-electron chi connectivity index (χ1n) is 8.00. The topological polar surface area (TPSA) is 36.4 Å². The summed E-state index contributed by atoms with van der Waals surface area (Å²) < 4.78 is 0. The van der Waals surface area contributed by atoms with E-state index in [2.05, 4.69) is 66.9 Å². The third-order valence-corrected chi connectivity index (χ3v) is 4.52. The van der Waals surface area contributed by atoms with Crippen LogP contribution in [0.5, 0.6) is 0 Å². The van der Waals surface area contributed by atoms with Gasteiger partial charge in [-0.15, -0.1) is 24.0 Å². The van der Waals surface area contributed by atoms with Gasteiger partial charge in [0.15, 0.2) is 5.96 Å². The number of rotatable bonds is 8. The highest BCUT2D eigenvalue weighted by molar-refractivity contribution is 14.0.